The molecule has 5 fully saturated rings. The van der Waals surface area contributed by atoms with E-state index >= 15 is 0 Å². The van der Waals surface area contributed by atoms with E-state index in [1.165, 1.54) is 6.92 Å². The normalized spacial score (nSPS) is 49.7. The molecule has 3 aliphatic carbocycles. The van der Waals surface area contributed by atoms with Gasteiger partial charge in [-0.15, -0.1) is 0 Å². The van der Waals surface area contributed by atoms with Gasteiger partial charge in [0, 0.05) is 24.2 Å². The number of esters is 2. The summed E-state index contributed by atoms with van der Waals surface area (Å²) in [6, 6.07) is 0. The zero-order valence-corrected chi connectivity index (χ0v) is 17.1. The molecule has 8 unspecified atom stereocenters. The first-order chi connectivity index (χ1) is 13.6. The summed E-state index contributed by atoms with van der Waals surface area (Å²) in [5.74, 6) is -2.38. The number of hydrogen-bond donors (Lipinski definition) is 1. The lowest BCUT2D eigenvalue weighted by atomic mass is 9.43. The molecule has 5 rings (SSSR count). The van der Waals surface area contributed by atoms with Crippen molar-refractivity contribution in [2.45, 2.75) is 65.0 Å². The van der Waals surface area contributed by atoms with Gasteiger partial charge in [-0.2, -0.15) is 0 Å². The van der Waals surface area contributed by atoms with E-state index in [9.17, 15) is 19.5 Å². The van der Waals surface area contributed by atoms with Gasteiger partial charge in [0.05, 0.1) is 6.61 Å². The summed E-state index contributed by atoms with van der Waals surface area (Å²) < 4.78 is 17.5. The molecule has 5 aliphatic rings. The van der Waals surface area contributed by atoms with Gasteiger partial charge in [0.25, 0.3) is 0 Å². The van der Waals surface area contributed by atoms with Crippen LogP contribution in [-0.2, 0) is 28.6 Å². The fourth-order valence-corrected chi connectivity index (χ4v) is 7.64. The predicted molar refractivity (Wildman–Crippen MR) is 99.1 cm³/mol. The number of carbonyl (C=O) groups is 3. The Balaban J connectivity index is 1.75. The average Bonchev–Trinajstić information content (AvgIpc) is 3.08. The van der Waals surface area contributed by atoms with Crippen LogP contribution in [0.25, 0.3) is 0 Å². The summed E-state index contributed by atoms with van der Waals surface area (Å²) in [6.07, 6.45) is 0.0808. The van der Waals surface area contributed by atoms with Crippen LogP contribution in [0.4, 0.5) is 0 Å². The molecule has 0 radical (unpaired) electrons. The third-order valence-corrected chi connectivity index (χ3v) is 8.55. The van der Waals surface area contributed by atoms with E-state index in [2.05, 4.69) is 20.4 Å². The first kappa shape index (κ1) is 19.2. The third-order valence-electron chi connectivity index (χ3n) is 8.55. The number of Topliss-reactive ketones (excluding diaryl/α,β-unsaturated/α-hetero) is 1. The van der Waals surface area contributed by atoms with E-state index in [0.717, 1.165) is 6.42 Å². The van der Waals surface area contributed by atoms with Crippen LogP contribution in [-0.4, -0.2) is 47.9 Å². The van der Waals surface area contributed by atoms with E-state index in [4.69, 9.17) is 14.2 Å². The number of ketones is 1. The van der Waals surface area contributed by atoms with E-state index in [-0.39, 0.29) is 29.6 Å². The van der Waals surface area contributed by atoms with Crippen LogP contribution in [0.2, 0.25) is 0 Å². The smallest absolute Gasteiger partial charge is 0.320 e. The SMILES string of the molecule is C=C1C(=O)C23CC1CC(OC(C)=O)C2C12COC(O)C1C(C)(C)CCC2OC3=O. The second kappa shape index (κ2) is 5.70. The lowest BCUT2D eigenvalue weighted by molar-refractivity contribution is -0.254. The van der Waals surface area contributed by atoms with Crippen molar-refractivity contribution in [1.29, 1.82) is 0 Å². The zero-order chi connectivity index (χ0) is 20.9. The van der Waals surface area contributed by atoms with Gasteiger partial charge < -0.3 is 19.3 Å². The second-order valence-electron chi connectivity index (χ2n) is 10.3. The highest BCUT2D eigenvalue weighted by molar-refractivity contribution is 6.15. The molecule has 0 aromatic rings. The maximum absolute atomic E-state index is 13.4. The van der Waals surface area contributed by atoms with Gasteiger partial charge in [0.2, 0.25) is 0 Å². The van der Waals surface area contributed by atoms with E-state index < -0.39 is 47.2 Å². The fourth-order valence-electron chi connectivity index (χ4n) is 7.64. The van der Waals surface area contributed by atoms with Gasteiger partial charge in [0.1, 0.15) is 17.6 Å². The second-order valence-corrected chi connectivity index (χ2v) is 10.3. The molecule has 0 aromatic carbocycles. The van der Waals surface area contributed by atoms with Crippen molar-refractivity contribution in [3.05, 3.63) is 12.2 Å². The lowest BCUT2D eigenvalue weighted by Crippen LogP contribution is -2.71. The summed E-state index contributed by atoms with van der Waals surface area (Å²) in [6.45, 7) is 9.65. The number of allylic oxidation sites excluding steroid dienone is 1. The van der Waals surface area contributed by atoms with Crippen LogP contribution in [0.15, 0.2) is 12.2 Å². The predicted octanol–water partition coefficient (Wildman–Crippen LogP) is 1.77. The van der Waals surface area contributed by atoms with Crippen LogP contribution in [0.5, 0.6) is 0 Å². The minimum absolute atomic E-state index is 0.175. The molecule has 0 amide bonds. The van der Waals surface area contributed by atoms with Gasteiger partial charge in [0.15, 0.2) is 12.1 Å². The van der Waals surface area contributed by atoms with Crippen LogP contribution in [0.3, 0.4) is 0 Å². The first-order valence-corrected chi connectivity index (χ1v) is 10.5. The quantitative estimate of drug-likeness (QED) is 0.404. The summed E-state index contributed by atoms with van der Waals surface area (Å²) >= 11 is 0. The summed E-state index contributed by atoms with van der Waals surface area (Å²) in [5, 5.41) is 10.8. The average molecular weight is 404 g/mol. The van der Waals surface area contributed by atoms with Crippen molar-refractivity contribution in [2.24, 2.45) is 34.0 Å². The Bertz CT molecular complexity index is 831. The fraction of sp³-hybridized carbons (Fsp3) is 0.773. The molecule has 2 spiro atoms. The van der Waals surface area contributed by atoms with Crippen molar-refractivity contribution in [2.75, 3.05) is 6.61 Å². The topological polar surface area (TPSA) is 99.1 Å². The Kier molecular flexibility index (Phi) is 3.78. The third kappa shape index (κ3) is 2.13. The summed E-state index contributed by atoms with van der Waals surface area (Å²) in [7, 11) is 0. The Morgan fingerprint density at radius 1 is 1.28 bits per heavy atom. The Hall–Kier alpha value is -1.73. The van der Waals surface area contributed by atoms with Crippen molar-refractivity contribution in [3.8, 4) is 0 Å². The van der Waals surface area contributed by atoms with Gasteiger partial charge in [-0.05, 0) is 42.6 Å². The van der Waals surface area contributed by atoms with Crippen LogP contribution >= 0.6 is 0 Å². The zero-order valence-electron chi connectivity index (χ0n) is 17.1. The molecule has 1 N–H and O–H groups in total. The minimum atomic E-state index is -1.41. The molecule has 29 heavy (non-hydrogen) atoms. The van der Waals surface area contributed by atoms with Crippen LogP contribution in [0.1, 0.15) is 46.5 Å². The van der Waals surface area contributed by atoms with Crippen molar-refractivity contribution in [1.82, 2.24) is 0 Å². The monoisotopic (exact) mass is 404 g/mol. The summed E-state index contributed by atoms with van der Waals surface area (Å²) in [5.41, 5.74) is -2.05. The van der Waals surface area contributed by atoms with Gasteiger partial charge >= 0.3 is 11.9 Å². The minimum Gasteiger partial charge on any atom is -0.462 e. The largest absolute Gasteiger partial charge is 0.462 e. The summed E-state index contributed by atoms with van der Waals surface area (Å²) in [4.78, 5) is 38.8. The molecule has 0 aromatic heterocycles. The number of aliphatic hydroxyl groups is 1. The van der Waals surface area contributed by atoms with Crippen molar-refractivity contribution < 1.29 is 33.7 Å². The van der Waals surface area contributed by atoms with Gasteiger partial charge in [-0.1, -0.05) is 20.4 Å². The number of rotatable bonds is 1. The molecule has 8 atom stereocenters. The molecular formula is C22H28O7. The first-order valence-electron chi connectivity index (χ1n) is 10.5. The molecule has 7 heteroatoms. The molecule has 158 valence electrons. The highest BCUT2D eigenvalue weighted by Gasteiger charge is 2.79. The van der Waals surface area contributed by atoms with Gasteiger partial charge in [-0.25, -0.2) is 0 Å². The molecule has 2 bridgehead atoms. The van der Waals surface area contributed by atoms with Crippen molar-refractivity contribution >= 4 is 17.7 Å². The van der Waals surface area contributed by atoms with Crippen LogP contribution < -0.4 is 0 Å². The highest BCUT2D eigenvalue weighted by Crippen LogP contribution is 2.71. The number of aliphatic hydroxyl groups excluding tert-OH is 1. The molecule has 2 heterocycles. The van der Waals surface area contributed by atoms with Gasteiger partial charge in [-0.3, -0.25) is 14.4 Å². The number of carbonyl (C=O) groups excluding carboxylic acids is 3. The molecule has 2 aliphatic heterocycles. The Morgan fingerprint density at radius 2 is 2.00 bits per heavy atom. The molecule has 3 saturated carbocycles. The number of ether oxygens (including phenoxy) is 3. The molecule has 2 saturated heterocycles. The van der Waals surface area contributed by atoms with Crippen molar-refractivity contribution in [3.63, 3.8) is 0 Å². The number of fused-ring (bicyclic) bond motifs is 1. The molecular weight excluding hydrogens is 376 g/mol. The Labute approximate surface area is 169 Å². The maximum atomic E-state index is 13.4. The van der Waals surface area contributed by atoms with E-state index in [0.29, 0.717) is 24.8 Å². The lowest BCUT2D eigenvalue weighted by Gasteiger charge is -2.62. The van der Waals surface area contributed by atoms with Crippen LogP contribution in [0, 0.1) is 34.0 Å². The number of hydrogen-bond acceptors (Lipinski definition) is 7. The Morgan fingerprint density at radius 3 is 2.69 bits per heavy atom. The highest BCUT2D eigenvalue weighted by atomic mass is 16.6. The molecule has 7 nitrogen and oxygen atoms in total. The maximum Gasteiger partial charge on any atom is 0.320 e. The standard InChI is InChI=1S/C22H28O7/c1-10-12-7-13(28-11(2)23)15-21(8-12,17(10)24)19(26)29-14-5-6-20(3,4)16-18(25)27-9-22(14,15)16/h12-16,18,25H,1,5-9H2,2-4H3. The van der Waals surface area contributed by atoms with E-state index in [1.54, 1.807) is 0 Å². The van der Waals surface area contributed by atoms with E-state index in [1.807, 2.05) is 0 Å².